The van der Waals surface area contributed by atoms with Gasteiger partial charge in [-0.25, -0.2) is 0 Å². The Morgan fingerprint density at radius 3 is 2.65 bits per heavy atom. The van der Waals surface area contributed by atoms with Crippen LogP contribution in [0.1, 0.15) is 46.1 Å². The van der Waals surface area contributed by atoms with Gasteiger partial charge in [0, 0.05) is 18.8 Å². The third-order valence-corrected chi connectivity index (χ3v) is 2.90. The lowest BCUT2D eigenvalue weighted by molar-refractivity contribution is 0.368. The number of nitrogens with zero attached hydrogens (tertiary/aromatic N) is 2. The molecule has 0 aromatic carbocycles. The molecule has 1 aromatic rings. The van der Waals surface area contributed by atoms with E-state index in [2.05, 4.69) is 44.3 Å². The molecular formula is C14H27N3. The average Bonchev–Trinajstić information content (AvgIpc) is 2.60. The molecule has 1 atom stereocenters. The van der Waals surface area contributed by atoms with E-state index in [1.807, 2.05) is 17.9 Å². The smallest absolute Gasteiger partial charge is 0.0521 e. The maximum Gasteiger partial charge on any atom is 0.0521 e. The second-order valence-corrected chi connectivity index (χ2v) is 6.15. The van der Waals surface area contributed by atoms with Crippen molar-refractivity contribution in [2.75, 3.05) is 6.54 Å². The molecule has 1 unspecified atom stereocenters. The van der Waals surface area contributed by atoms with E-state index < -0.39 is 0 Å². The first kappa shape index (κ1) is 14.2. The predicted molar refractivity (Wildman–Crippen MR) is 73.1 cm³/mol. The monoisotopic (exact) mass is 237 g/mol. The number of aryl methyl sites for hydroxylation is 2. The van der Waals surface area contributed by atoms with Crippen molar-refractivity contribution in [2.24, 2.45) is 13.0 Å². The Morgan fingerprint density at radius 1 is 1.41 bits per heavy atom. The van der Waals surface area contributed by atoms with Crippen molar-refractivity contribution >= 4 is 0 Å². The Morgan fingerprint density at radius 2 is 2.12 bits per heavy atom. The molecule has 0 aliphatic carbocycles. The van der Waals surface area contributed by atoms with Gasteiger partial charge in [-0.15, -0.1) is 0 Å². The first-order chi connectivity index (χ1) is 7.87. The van der Waals surface area contributed by atoms with Crippen molar-refractivity contribution in [3.05, 3.63) is 18.0 Å². The van der Waals surface area contributed by atoms with Gasteiger partial charge in [0.05, 0.1) is 6.20 Å². The van der Waals surface area contributed by atoms with Gasteiger partial charge in [-0.05, 0) is 58.1 Å². The molecule has 1 heterocycles. The molecule has 0 spiro atoms. The van der Waals surface area contributed by atoms with E-state index in [-0.39, 0.29) is 5.54 Å². The summed E-state index contributed by atoms with van der Waals surface area (Å²) >= 11 is 0. The second kappa shape index (κ2) is 6.20. The Kier molecular flexibility index (Phi) is 5.19. The zero-order valence-corrected chi connectivity index (χ0v) is 12.0. The zero-order chi connectivity index (χ0) is 12.9. The topological polar surface area (TPSA) is 29.9 Å². The fraction of sp³-hybridized carbons (Fsp3) is 0.786. The zero-order valence-electron chi connectivity index (χ0n) is 12.0. The van der Waals surface area contributed by atoms with Crippen LogP contribution < -0.4 is 5.32 Å². The summed E-state index contributed by atoms with van der Waals surface area (Å²) in [7, 11) is 1.97. The first-order valence-corrected chi connectivity index (χ1v) is 6.59. The number of hydrogen-bond acceptors (Lipinski definition) is 2. The fourth-order valence-corrected chi connectivity index (χ4v) is 1.84. The van der Waals surface area contributed by atoms with E-state index >= 15 is 0 Å². The van der Waals surface area contributed by atoms with Gasteiger partial charge in [0.25, 0.3) is 0 Å². The standard InChI is InChI=1S/C14H27N3/c1-12(9-15-14(2,3)4)7-6-8-13-10-16-17(5)11-13/h10-12,15H,6-9H2,1-5H3. The maximum absolute atomic E-state index is 4.19. The Balaban J connectivity index is 2.14. The highest BCUT2D eigenvalue weighted by Crippen LogP contribution is 2.10. The quantitative estimate of drug-likeness (QED) is 0.824. The molecule has 0 saturated carbocycles. The van der Waals surface area contributed by atoms with Crippen molar-refractivity contribution in [1.29, 1.82) is 0 Å². The minimum Gasteiger partial charge on any atom is -0.312 e. The Bertz CT molecular complexity index is 322. The van der Waals surface area contributed by atoms with E-state index in [9.17, 15) is 0 Å². The van der Waals surface area contributed by atoms with Gasteiger partial charge in [0.1, 0.15) is 0 Å². The molecule has 1 N–H and O–H groups in total. The summed E-state index contributed by atoms with van der Waals surface area (Å²) < 4.78 is 1.87. The Labute approximate surface area is 106 Å². The minimum absolute atomic E-state index is 0.234. The predicted octanol–water partition coefficient (Wildman–Crippen LogP) is 2.77. The molecule has 0 aliphatic heterocycles. The maximum atomic E-state index is 4.19. The summed E-state index contributed by atoms with van der Waals surface area (Å²) in [5.74, 6) is 0.742. The summed E-state index contributed by atoms with van der Waals surface area (Å²) in [6, 6.07) is 0. The van der Waals surface area contributed by atoms with Crippen LogP contribution in [0.2, 0.25) is 0 Å². The largest absolute Gasteiger partial charge is 0.312 e. The van der Waals surface area contributed by atoms with Crippen LogP contribution in [0, 0.1) is 5.92 Å². The summed E-state index contributed by atoms with van der Waals surface area (Å²) in [4.78, 5) is 0. The molecule has 1 aromatic heterocycles. The number of aromatic nitrogens is 2. The van der Waals surface area contributed by atoms with Crippen LogP contribution in [0.4, 0.5) is 0 Å². The lowest BCUT2D eigenvalue weighted by atomic mass is 10.0. The molecule has 1 rings (SSSR count). The van der Waals surface area contributed by atoms with E-state index in [0.717, 1.165) is 18.9 Å². The number of nitrogens with one attached hydrogen (secondary N) is 1. The van der Waals surface area contributed by atoms with Crippen LogP contribution in [0.5, 0.6) is 0 Å². The molecule has 0 amide bonds. The van der Waals surface area contributed by atoms with Gasteiger partial charge in [0.2, 0.25) is 0 Å². The molecule has 0 aliphatic rings. The summed E-state index contributed by atoms with van der Waals surface area (Å²) in [6.07, 6.45) is 7.75. The molecule has 0 saturated heterocycles. The van der Waals surface area contributed by atoms with Crippen LogP contribution >= 0.6 is 0 Å². The highest BCUT2D eigenvalue weighted by molar-refractivity contribution is 5.03. The highest BCUT2D eigenvalue weighted by atomic mass is 15.2. The molecule has 3 nitrogen and oxygen atoms in total. The molecule has 3 heteroatoms. The molecular weight excluding hydrogens is 210 g/mol. The van der Waals surface area contributed by atoms with Gasteiger partial charge in [-0.3, -0.25) is 4.68 Å². The van der Waals surface area contributed by atoms with Crippen molar-refractivity contribution in [3.8, 4) is 0 Å². The normalized spacial score (nSPS) is 13.9. The van der Waals surface area contributed by atoms with E-state index in [4.69, 9.17) is 0 Å². The second-order valence-electron chi connectivity index (χ2n) is 6.15. The molecule has 0 fully saturated rings. The van der Waals surface area contributed by atoms with Crippen molar-refractivity contribution in [3.63, 3.8) is 0 Å². The van der Waals surface area contributed by atoms with Gasteiger partial charge in [-0.2, -0.15) is 5.10 Å². The third-order valence-electron chi connectivity index (χ3n) is 2.90. The summed E-state index contributed by atoms with van der Waals surface area (Å²) in [5, 5.41) is 7.75. The molecule has 98 valence electrons. The van der Waals surface area contributed by atoms with Crippen molar-refractivity contribution in [2.45, 2.75) is 52.5 Å². The highest BCUT2D eigenvalue weighted by Gasteiger charge is 2.10. The SMILES string of the molecule is CC(CCCc1cnn(C)c1)CNC(C)(C)C. The van der Waals surface area contributed by atoms with Crippen LogP contribution in [-0.2, 0) is 13.5 Å². The number of rotatable bonds is 6. The van der Waals surface area contributed by atoms with Gasteiger partial charge < -0.3 is 5.32 Å². The van der Waals surface area contributed by atoms with Gasteiger partial charge in [0.15, 0.2) is 0 Å². The van der Waals surface area contributed by atoms with Crippen molar-refractivity contribution in [1.82, 2.24) is 15.1 Å². The Hall–Kier alpha value is -0.830. The average molecular weight is 237 g/mol. The summed E-state index contributed by atoms with van der Waals surface area (Å²) in [6.45, 7) is 10.1. The lowest BCUT2D eigenvalue weighted by Crippen LogP contribution is -2.38. The van der Waals surface area contributed by atoms with Crippen molar-refractivity contribution < 1.29 is 0 Å². The molecule has 17 heavy (non-hydrogen) atoms. The van der Waals surface area contributed by atoms with Gasteiger partial charge >= 0.3 is 0 Å². The van der Waals surface area contributed by atoms with Crippen LogP contribution in [0.3, 0.4) is 0 Å². The first-order valence-electron chi connectivity index (χ1n) is 6.59. The molecule has 0 radical (unpaired) electrons. The van der Waals surface area contributed by atoms with E-state index in [0.29, 0.717) is 0 Å². The minimum atomic E-state index is 0.234. The van der Waals surface area contributed by atoms with E-state index in [1.165, 1.54) is 18.4 Å². The van der Waals surface area contributed by atoms with Crippen LogP contribution in [-0.4, -0.2) is 21.9 Å². The van der Waals surface area contributed by atoms with Crippen LogP contribution in [0.25, 0.3) is 0 Å². The molecule has 0 bridgehead atoms. The fourth-order valence-electron chi connectivity index (χ4n) is 1.84. The van der Waals surface area contributed by atoms with Crippen LogP contribution in [0.15, 0.2) is 12.4 Å². The lowest BCUT2D eigenvalue weighted by Gasteiger charge is -2.23. The van der Waals surface area contributed by atoms with Gasteiger partial charge in [-0.1, -0.05) is 6.92 Å². The number of hydrogen-bond donors (Lipinski definition) is 1. The van der Waals surface area contributed by atoms with E-state index in [1.54, 1.807) is 0 Å². The third kappa shape index (κ3) is 6.47. The summed E-state index contributed by atoms with van der Waals surface area (Å²) in [5.41, 5.74) is 1.58.